The lowest BCUT2D eigenvalue weighted by atomic mass is 9.89. The van der Waals surface area contributed by atoms with E-state index in [1.807, 2.05) is 13.8 Å². The van der Waals surface area contributed by atoms with Gasteiger partial charge in [-0.3, -0.25) is 0 Å². The molecule has 0 aliphatic heterocycles. The number of hydrogen-bond acceptors (Lipinski definition) is 3. The highest BCUT2D eigenvalue weighted by Gasteiger charge is 2.21. The summed E-state index contributed by atoms with van der Waals surface area (Å²) in [5.74, 6) is 0.540. The van der Waals surface area contributed by atoms with Crippen molar-refractivity contribution >= 4 is 26.0 Å². The third-order valence-corrected chi connectivity index (χ3v) is 5.40. The monoisotopic (exact) mass is 341 g/mol. The fourth-order valence-electron chi connectivity index (χ4n) is 2.04. The van der Waals surface area contributed by atoms with E-state index in [2.05, 4.69) is 20.7 Å². The molecule has 6 heteroatoms. The Labute approximate surface area is 119 Å². The number of sulfonamides is 1. The van der Waals surface area contributed by atoms with Crippen LogP contribution in [0.1, 0.15) is 39.5 Å². The Morgan fingerprint density at radius 2 is 1.89 bits per heavy atom. The van der Waals surface area contributed by atoms with E-state index in [9.17, 15) is 8.42 Å². The van der Waals surface area contributed by atoms with Crippen LogP contribution in [-0.4, -0.2) is 38.3 Å². The Balaban J connectivity index is 2.20. The Hall–Kier alpha value is 0.350. The van der Waals surface area contributed by atoms with Gasteiger partial charge in [0.25, 0.3) is 0 Å². The van der Waals surface area contributed by atoms with Crippen LogP contribution in [0.3, 0.4) is 0 Å². The van der Waals surface area contributed by atoms with Gasteiger partial charge in [-0.15, -0.1) is 0 Å². The molecule has 0 atom stereocenters. The van der Waals surface area contributed by atoms with Crippen LogP contribution in [0.25, 0.3) is 0 Å². The fourth-order valence-corrected chi connectivity index (χ4v) is 3.51. The minimum absolute atomic E-state index is 0.0545. The van der Waals surface area contributed by atoms with Crippen molar-refractivity contribution in [3.63, 3.8) is 0 Å². The minimum Gasteiger partial charge on any atom is -0.378 e. The van der Waals surface area contributed by atoms with Gasteiger partial charge in [0.1, 0.15) is 0 Å². The molecule has 1 fully saturated rings. The Kier molecular flexibility index (Phi) is 7.13. The molecule has 1 aliphatic carbocycles. The molecule has 0 unspecified atom stereocenters. The van der Waals surface area contributed by atoms with E-state index in [0.29, 0.717) is 17.3 Å². The summed E-state index contributed by atoms with van der Waals surface area (Å²) in [4.78, 5) is 0.616. The normalized spacial score (nSPS) is 25.6. The van der Waals surface area contributed by atoms with E-state index in [4.69, 9.17) is 4.74 Å². The highest BCUT2D eigenvalue weighted by molar-refractivity contribution is 9.09. The van der Waals surface area contributed by atoms with E-state index in [1.54, 1.807) is 0 Å². The molecule has 0 radical (unpaired) electrons. The quantitative estimate of drug-likeness (QED) is 0.722. The molecule has 0 aromatic carbocycles. The molecule has 0 bridgehead atoms. The van der Waals surface area contributed by atoms with Crippen molar-refractivity contribution in [2.45, 2.75) is 50.5 Å². The van der Waals surface area contributed by atoms with E-state index in [-0.39, 0.29) is 18.5 Å². The summed E-state index contributed by atoms with van der Waals surface area (Å²) in [6.07, 6.45) is 4.56. The van der Waals surface area contributed by atoms with E-state index >= 15 is 0 Å². The summed E-state index contributed by atoms with van der Waals surface area (Å²) < 4.78 is 31.4. The third kappa shape index (κ3) is 7.07. The summed E-state index contributed by atoms with van der Waals surface area (Å²) in [6.45, 7) is 4.64. The van der Waals surface area contributed by atoms with Crippen LogP contribution in [-0.2, 0) is 14.8 Å². The van der Waals surface area contributed by atoms with Crippen LogP contribution in [0.2, 0.25) is 0 Å². The van der Waals surface area contributed by atoms with Crippen LogP contribution in [0.4, 0.5) is 0 Å². The average Bonchev–Trinajstić information content (AvgIpc) is 2.27. The van der Waals surface area contributed by atoms with Gasteiger partial charge in [0.05, 0.1) is 18.5 Å². The molecule has 18 heavy (non-hydrogen) atoms. The zero-order valence-electron chi connectivity index (χ0n) is 11.2. The van der Waals surface area contributed by atoms with E-state index in [0.717, 1.165) is 25.7 Å². The largest absolute Gasteiger partial charge is 0.378 e. The van der Waals surface area contributed by atoms with E-state index in [1.165, 1.54) is 0 Å². The van der Waals surface area contributed by atoms with Gasteiger partial charge in [0.2, 0.25) is 10.0 Å². The maximum atomic E-state index is 11.7. The van der Waals surface area contributed by atoms with Crippen molar-refractivity contribution in [1.82, 2.24) is 4.72 Å². The minimum atomic E-state index is -3.18. The summed E-state index contributed by atoms with van der Waals surface area (Å²) >= 11 is 3.60. The number of nitrogens with one attached hydrogen (secondary N) is 1. The molecule has 0 amide bonds. The molecule has 1 rings (SSSR count). The Bertz CT molecular complexity index is 324. The van der Waals surface area contributed by atoms with Crippen molar-refractivity contribution in [3.8, 4) is 0 Å². The lowest BCUT2D eigenvalue weighted by molar-refractivity contribution is 0.0911. The van der Waals surface area contributed by atoms with Crippen molar-refractivity contribution in [2.24, 2.45) is 5.92 Å². The van der Waals surface area contributed by atoms with Crippen molar-refractivity contribution in [3.05, 3.63) is 0 Å². The summed E-state index contributed by atoms with van der Waals surface area (Å²) in [5, 5.41) is 0. The molecule has 1 N–H and O–H groups in total. The second-order valence-electron chi connectivity index (χ2n) is 5.20. The van der Waals surface area contributed by atoms with Gasteiger partial charge >= 0.3 is 0 Å². The van der Waals surface area contributed by atoms with Crippen molar-refractivity contribution in [2.75, 3.05) is 18.9 Å². The van der Waals surface area contributed by atoms with Crippen molar-refractivity contribution in [1.29, 1.82) is 0 Å². The number of halogens is 1. The van der Waals surface area contributed by atoms with Gasteiger partial charge in [-0.1, -0.05) is 15.9 Å². The second-order valence-corrected chi connectivity index (χ2v) is 8.43. The average molecular weight is 342 g/mol. The first kappa shape index (κ1) is 16.4. The summed E-state index contributed by atoms with van der Waals surface area (Å²) in [6, 6.07) is 0. The lowest BCUT2D eigenvalue weighted by Gasteiger charge is -2.25. The lowest BCUT2D eigenvalue weighted by Crippen LogP contribution is -2.34. The fraction of sp³-hybridized carbons (Fsp3) is 1.00. The van der Waals surface area contributed by atoms with Gasteiger partial charge < -0.3 is 4.74 Å². The topological polar surface area (TPSA) is 55.4 Å². The van der Waals surface area contributed by atoms with Gasteiger partial charge in [-0.2, -0.15) is 0 Å². The zero-order valence-corrected chi connectivity index (χ0v) is 13.6. The first-order valence-electron chi connectivity index (χ1n) is 6.62. The van der Waals surface area contributed by atoms with Crippen LogP contribution in [0, 0.1) is 5.92 Å². The number of rotatable bonds is 7. The maximum Gasteiger partial charge on any atom is 0.213 e. The molecule has 0 aromatic heterocycles. The van der Waals surface area contributed by atoms with Crippen LogP contribution in [0.5, 0.6) is 0 Å². The predicted octanol–water partition coefficient (Wildman–Crippen LogP) is 2.28. The van der Waals surface area contributed by atoms with Gasteiger partial charge in [0.15, 0.2) is 0 Å². The molecule has 1 saturated carbocycles. The molecule has 108 valence electrons. The molecule has 1 aliphatic rings. The van der Waals surface area contributed by atoms with Gasteiger partial charge in [0, 0.05) is 11.4 Å². The van der Waals surface area contributed by atoms with Crippen LogP contribution < -0.4 is 4.72 Å². The summed E-state index contributed by atoms with van der Waals surface area (Å²) in [7, 11) is -3.18. The van der Waals surface area contributed by atoms with Crippen LogP contribution in [0.15, 0.2) is 0 Å². The molecule has 0 heterocycles. The first-order chi connectivity index (χ1) is 8.39. The van der Waals surface area contributed by atoms with E-state index < -0.39 is 10.0 Å². The van der Waals surface area contributed by atoms with Gasteiger partial charge in [-0.05, 0) is 45.4 Å². The van der Waals surface area contributed by atoms with Gasteiger partial charge in [-0.25, -0.2) is 13.1 Å². The standard InChI is InChI=1S/C12H24BrNO3S/c1-10(2)17-7-8-18(15,16)14-9-11-3-5-12(13)6-4-11/h10-12,14H,3-9H2,1-2H3. The molecule has 0 saturated heterocycles. The Morgan fingerprint density at radius 3 is 2.44 bits per heavy atom. The third-order valence-electron chi connectivity index (χ3n) is 3.17. The molecule has 4 nitrogen and oxygen atoms in total. The molecule has 0 aromatic rings. The molecular formula is C12H24BrNO3S. The summed E-state index contributed by atoms with van der Waals surface area (Å²) in [5.41, 5.74) is 0. The smallest absolute Gasteiger partial charge is 0.213 e. The number of hydrogen-bond donors (Lipinski definition) is 1. The van der Waals surface area contributed by atoms with Crippen molar-refractivity contribution < 1.29 is 13.2 Å². The van der Waals surface area contributed by atoms with Crippen LogP contribution >= 0.6 is 15.9 Å². The molecular weight excluding hydrogens is 318 g/mol. The molecule has 0 spiro atoms. The zero-order chi connectivity index (χ0) is 13.6. The maximum absolute atomic E-state index is 11.7. The highest BCUT2D eigenvalue weighted by Crippen LogP contribution is 2.28. The first-order valence-corrected chi connectivity index (χ1v) is 9.19. The highest BCUT2D eigenvalue weighted by atomic mass is 79.9. The number of alkyl halides is 1. The second kappa shape index (κ2) is 7.82. The predicted molar refractivity (Wildman–Crippen MR) is 77.6 cm³/mol. The SMILES string of the molecule is CC(C)OCCS(=O)(=O)NCC1CCC(Br)CC1. The number of ether oxygens (including phenoxy) is 1. The Morgan fingerprint density at radius 1 is 1.28 bits per heavy atom.